The maximum absolute atomic E-state index is 12.5. The molecular weight excluding hydrogens is 365 g/mol. The van der Waals surface area contributed by atoms with Crippen molar-refractivity contribution in [2.75, 3.05) is 13.1 Å². The predicted molar refractivity (Wildman–Crippen MR) is 81.5 cm³/mol. The smallest absolute Gasteiger partial charge is 0.417 e. The average Bonchev–Trinajstić information content (AvgIpc) is 2.89. The molecule has 0 N–H and O–H groups in total. The van der Waals surface area contributed by atoms with E-state index in [1.165, 1.54) is 15.6 Å². The molecule has 0 saturated carbocycles. The molecule has 1 aliphatic rings. The van der Waals surface area contributed by atoms with Crippen LogP contribution in [0.2, 0.25) is 0 Å². The summed E-state index contributed by atoms with van der Waals surface area (Å²) in [5.41, 5.74) is -0.860. The quantitative estimate of drug-likeness (QED) is 0.821. The van der Waals surface area contributed by atoms with Gasteiger partial charge in [0.05, 0.1) is 18.7 Å². The lowest BCUT2D eigenvalue weighted by atomic mass is 10.2. The lowest BCUT2D eigenvalue weighted by molar-refractivity contribution is -0.137. The molecule has 2 aromatic rings. The fraction of sp³-hybridized carbons (Fsp3) is 0.357. The SMILES string of the molecule is Cc1ccc(S(=O)(=O)N2CC(Oc3ccc(C(F)(F)F)cn3)C2)s1. The minimum absolute atomic E-state index is 0.0389. The van der Waals surface area contributed by atoms with Crippen molar-refractivity contribution in [2.45, 2.75) is 23.4 Å². The highest BCUT2D eigenvalue weighted by Crippen LogP contribution is 2.31. The fourth-order valence-corrected chi connectivity index (χ4v) is 5.08. The summed E-state index contributed by atoms with van der Waals surface area (Å²) in [6, 6.07) is 5.30. The minimum Gasteiger partial charge on any atom is -0.472 e. The Hall–Kier alpha value is -1.65. The number of alkyl halides is 3. The average molecular weight is 378 g/mol. The molecule has 0 aromatic carbocycles. The van der Waals surface area contributed by atoms with Gasteiger partial charge in [-0.3, -0.25) is 0 Å². The van der Waals surface area contributed by atoms with Crippen molar-refractivity contribution in [3.63, 3.8) is 0 Å². The summed E-state index contributed by atoms with van der Waals surface area (Å²) in [7, 11) is -3.53. The second-order valence-corrected chi connectivity index (χ2v) is 8.76. The second-order valence-electron chi connectivity index (χ2n) is 5.31. The molecular formula is C14H13F3N2O3S2. The van der Waals surface area contributed by atoms with E-state index in [0.29, 0.717) is 6.20 Å². The molecule has 3 rings (SSSR count). The lowest BCUT2D eigenvalue weighted by Crippen LogP contribution is -2.55. The van der Waals surface area contributed by atoms with Crippen LogP contribution in [0.25, 0.3) is 0 Å². The van der Waals surface area contributed by atoms with E-state index in [-0.39, 0.29) is 23.2 Å². The van der Waals surface area contributed by atoms with Gasteiger partial charge < -0.3 is 4.74 Å². The van der Waals surface area contributed by atoms with Crippen molar-refractivity contribution in [2.24, 2.45) is 0 Å². The molecule has 0 unspecified atom stereocenters. The Morgan fingerprint density at radius 2 is 1.96 bits per heavy atom. The van der Waals surface area contributed by atoms with Gasteiger partial charge in [-0.15, -0.1) is 11.3 Å². The van der Waals surface area contributed by atoms with Crippen molar-refractivity contribution in [1.29, 1.82) is 0 Å². The number of aromatic nitrogens is 1. The third kappa shape index (κ3) is 3.40. The van der Waals surface area contributed by atoms with Crippen LogP contribution >= 0.6 is 11.3 Å². The van der Waals surface area contributed by atoms with E-state index in [4.69, 9.17) is 4.74 Å². The molecule has 24 heavy (non-hydrogen) atoms. The topological polar surface area (TPSA) is 59.5 Å². The summed E-state index contributed by atoms with van der Waals surface area (Å²) in [6.07, 6.45) is -4.19. The van der Waals surface area contributed by atoms with Gasteiger partial charge in [-0.05, 0) is 25.1 Å². The summed E-state index contributed by atoms with van der Waals surface area (Å²) in [6.45, 7) is 2.10. The highest BCUT2D eigenvalue weighted by Gasteiger charge is 2.39. The Balaban J connectivity index is 1.59. The number of ether oxygens (including phenoxy) is 1. The van der Waals surface area contributed by atoms with Crippen molar-refractivity contribution in [1.82, 2.24) is 9.29 Å². The van der Waals surface area contributed by atoms with E-state index in [2.05, 4.69) is 4.98 Å². The molecule has 0 atom stereocenters. The third-order valence-electron chi connectivity index (χ3n) is 3.48. The standard InChI is InChI=1S/C14H13F3N2O3S2/c1-9-2-5-13(23-9)24(20,21)19-7-11(8-19)22-12-4-3-10(6-18-12)14(15,16)17/h2-6,11H,7-8H2,1H3. The normalized spacial score (nSPS) is 16.8. The van der Waals surface area contributed by atoms with Gasteiger partial charge in [-0.25, -0.2) is 13.4 Å². The predicted octanol–water partition coefficient (Wildman–Crippen LogP) is 2.92. The van der Waals surface area contributed by atoms with Crippen LogP contribution in [0, 0.1) is 6.92 Å². The number of halogens is 3. The van der Waals surface area contributed by atoms with Gasteiger partial charge >= 0.3 is 6.18 Å². The van der Waals surface area contributed by atoms with E-state index in [9.17, 15) is 21.6 Å². The first-order valence-electron chi connectivity index (χ1n) is 6.93. The molecule has 3 heterocycles. The van der Waals surface area contributed by atoms with Gasteiger partial charge in [0.15, 0.2) is 0 Å². The monoisotopic (exact) mass is 378 g/mol. The van der Waals surface area contributed by atoms with Gasteiger partial charge in [0.2, 0.25) is 5.88 Å². The number of rotatable bonds is 4. The van der Waals surface area contributed by atoms with Crippen LogP contribution in [0.4, 0.5) is 13.2 Å². The van der Waals surface area contributed by atoms with Crippen LogP contribution in [0.3, 0.4) is 0 Å². The minimum atomic E-state index is -4.45. The van der Waals surface area contributed by atoms with Crippen LogP contribution in [-0.2, 0) is 16.2 Å². The Morgan fingerprint density at radius 1 is 1.25 bits per heavy atom. The van der Waals surface area contributed by atoms with Crippen LogP contribution in [0.1, 0.15) is 10.4 Å². The summed E-state index contributed by atoms with van der Waals surface area (Å²) in [4.78, 5) is 4.51. The van der Waals surface area contributed by atoms with Gasteiger partial charge in [0.25, 0.3) is 10.0 Å². The van der Waals surface area contributed by atoms with Gasteiger partial charge in [0, 0.05) is 17.1 Å². The number of hydrogen-bond donors (Lipinski definition) is 0. The maximum Gasteiger partial charge on any atom is 0.417 e. The molecule has 0 aliphatic carbocycles. The van der Waals surface area contributed by atoms with E-state index >= 15 is 0 Å². The zero-order valence-electron chi connectivity index (χ0n) is 12.4. The number of nitrogens with zero attached hydrogens (tertiary/aromatic N) is 2. The molecule has 1 saturated heterocycles. The van der Waals surface area contributed by atoms with Crippen LogP contribution in [0.15, 0.2) is 34.7 Å². The first-order valence-corrected chi connectivity index (χ1v) is 9.18. The summed E-state index contributed by atoms with van der Waals surface area (Å²) >= 11 is 1.19. The summed E-state index contributed by atoms with van der Waals surface area (Å²) in [5.74, 6) is 0.0389. The number of thiophene rings is 1. The molecule has 0 amide bonds. The van der Waals surface area contributed by atoms with Gasteiger partial charge in [-0.2, -0.15) is 17.5 Å². The Morgan fingerprint density at radius 3 is 2.46 bits per heavy atom. The summed E-state index contributed by atoms with van der Waals surface area (Å²) in [5, 5.41) is 0. The molecule has 10 heteroatoms. The first kappa shape index (κ1) is 17.2. The molecule has 1 aliphatic heterocycles. The largest absolute Gasteiger partial charge is 0.472 e. The molecule has 5 nitrogen and oxygen atoms in total. The third-order valence-corrected chi connectivity index (χ3v) is 6.78. The number of aryl methyl sites for hydroxylation is 1. The van der Waals surface area contributed by atoms with Crippen LogP contribution in [0.5, 0.6) is 5.88 Å². The maximum atomic E-state index is 12.5. The Labute approximate surface area is 140 Å². The van der Waals surface area contributed by atoms with Crippen LogP contribution < -0.4 is 4.74 Å². The lowest BCUT2D eigenvalue weighted by Gasteiger charge is -2.37. The molecule has 1 fully saturated rings. The van der Waals surface area contributed by atoms with Gasteiger partial charge in [-0.1, -0.05) is 0 Å². The second kappa shape index (κ2) is 6.01. The summed E-state index contributed by atoms with van der Waals surface area (Å²) < 4.78 is 68.9. The molecule has 2 aromatic heterocycles. The van der Waals surface area contributed by atoms with Crippen LogP contribution in [-0.4, -0.2) is 36.9 Å². The van der Waals surface area contributed by atoms with Crippen molar-refractivity contribution in [3.05, 3.63) is 40.9 Å². The zero-order valence-corrected chi connectivity index (χ0v) is 14.1. The van der Waals surface area contributed by atoms with E-state index in [1.807, 2.05) is 6.92 Å². The molecule has 0 spiro atoms. The van der Waals surface area contributed by atoms with E-state index < -0.39 is 27.9 Å². The molecule has 0 bridgehead atoms. The van der Waals surface area contributed by atoms with Crippen molar-refractivity contribution < 1.29 is 26.3 Å². The van der Waals surface area contributed by atoms with Gasteiger partial charge in [0.1, 0.15) is 10.3 Å². The number of hydrogen-bond acceptors (Lipinski definition) is 5. The molecule has 0 radical (unpaired) electrons. The Kier molecular flexibility index (Phi) is 4.30. The van der Waals surface area contributed by atoms with Crippen molar-refractivity contribution in [3.8, 4) is 5.88 Å². The number of sulfonamides is 1. The Bertz CT molecular complexity index is 826. The fourth-order valence-electron chi connectivity index (χ4n) is 2.14. The zero-order chi connectivity index (χ0) is 17.5. The van der Waals surface area contributed by atoms with E-state index in [1.54, 1.807) is 12.1 Å². The number of pyridine rings is 1. The van der Waals surface area contributed by atoms with E-state index in [0.717, 1.165) is 17.0 Å². The highest BCUT2D eigenvalue weighted by atomic mass is 32.2. The molecule has 130 valence electrons. The first-order chi connectivity index (χ1) is 11.2. The van der Waals surface area contributed by atoms with Crippen molar-refractivity contribution >= 4 is 21.4 Å². The highest BCUT2D eigenvalue weighted by molar-refractivity contribution is 7.91.